The summed E-state index contributed by atoms with van der Waals surface area (Å²) < 4.78 is 31.8. The molecular formula is C16H18F2N2O2. The highest BCUT2D eigenvalue weighted by atomic mass is 19.2. The smallest absolute Gasteiger partial charge is 0.159 e. The van der Waals surface area contributed by atoms with E-state index in [2.05, 4.69) is 5.16 Å². The van der Waals surface area contributed by atoms with E-state index in [4.69, 9.17) is 4.52 Å². The zero-order valence-electron chi connectivity index (χ0n) is 12.5. The minimum atomic E-state index is -0.865. The maximum atomic E-state index is 13.5. The van der Waals surface area contributed by atoms with E-state index in [0.29, 0.717) is 25.1 Å². The lowest BCUT2D eigenvalue weighted by molar-refractivity contribution is 0.172. The molecule has 22 heavy (non-hydrogen) atoms. The highest BCUT2D eigenvalue weighted by Crippen LogP contribution is 2.34. The Morgan fingerprint density at radius 2 is 2.09 bits per heavy atom. The van der Waals surface area contributed by atoms with Gasteiger partial charge in [-0.3, -0.25) is 4.90 Å². The summed E-state index contributed by atoms with van der Waals surface area (Å²) in [6.45, 7) is 4.74. The van der Waals surface area contributed by atoms with Crippen molar-refractivity contribution in [3.63, 3.8) is 0 Å². The van der Waals surface area contributed by atoms with Gasteiger partial charge >= 0.3 is 0 Å². The van der Waals surface area contributed by atoms with Crippen molar-refractivity contribution in [2.45, 2.75) is 39.0 Å². The van der Waals surface area contributed by atoms with Crippen LogP contribution in [0.4, 0.5) is 8.78 Å². The monoisotopic (exact) mass is 308 g/mol. The first kappa shape index (κ1) is 15.1. The quantitative estimate of drug-likeness (QED) is 0.947. The van der Waals surface area contributed by atoms with Crippen LogP contribution in [0, 0.1) is 25.5 Å². The Hall–Kier alpha value is -1.79. The van der Waals surface area contributed by atoms with Crippen molar-refractivity contribution in [2.24, 2.45) is 0 Å². The summed E-state index contributed by atoms with van der Waals surface area (Å²) >= 11 is 0. The van der Waals surface area contributed by atoms with Crippen LogP contribution in [0.5, 0.6) is 0 Å². The molecule has 0 bridgehead atoms. The van der Waals surface area contributed by atoms with Gasteiger partial charge in [-0.2, -0.15) is 0 Å². The molecule has 2 heterocycles. The molecule has 2 atom stereocenters. The van der Waals surface area contributed by atoms with E-state index in [0.717, 1.165) is 23.1 Å². The van der Waals surface area contributed by atoms with Crippen LogP contribution in [-0.2, 0) is 6.54 Å². The molecule has 1 saturated heterocycles. The Labute approximate surface area is 127 Å². The number of aryl methyl sites for hydroxylation is 2. The Morgan fingerprint density at radius 3 is 2.73 bits per heavy atom. The second-order valence-corrected chi connectivity index (χ2v) is 5.81. The van der Waals surface area contributed by atoms with Crippen molar-refractivity contribution in [3.8, 4) is 0 Å². The molecular weight excluding hydrogens is 290 g/mol. The summed E-state index contributed by atoms with van der Waals surface area (Å²) in [7, 11) is 0. The Balaban J connectivity index is 1.87. The zero-order chi connectivity index (χ0) is 15.9. The fourth-order valence-electron chi connectivity index (χ4n) is 3.05. The molecule has 3 rings (SSSR count). The molecule has 4 nitrogen and oxygen atoms in total. The van der Waals surface area contributed by atoms with Crippen molar-refractivity contribution < 1.29 is 18.4 Å². The number of rotatable bonds is 3. The molecule has 0 radical (unpaired) electrons. The number of halogens is 2. The third kappa shape index (κ3) is 2.76. The fourth-order valence-corrected chi connectivity index (χ4v) is 3.05. The lowest BCUT2D eigenvalue weighted by Crippen LogP contribution is -2.25. The molecule has 1 aliphatic heterocycles. The third-order valence-corrected chi connectivity index (χ3v) is 4.25. The van der Waals surface area contributed by atoms with Gasteiger partial charge in [0.1, 0.15) is 5.76 Å². The van der Waals surface area contributed by atoms with Gasteiger partial charge in [-0.15, -0.1) is 0 Å². The second kappa shape index (κ2) is 5.78. The normalized spacial score (nSPS) is 22.4. The van der Waals surface area contributed by atoms with Gasteiger partial charge in [-0.1, -0.05) is 11.2 Å². The number of aromatic nitrogens is 1. The van der Waals surface area contributed by atoms with E-state index in [-0.39, 0.29) is 6.04 Å². The van der Waals surface area contributed by atoms with Crippen LogP contribution in [0.3, 0.4) is 0 Å². The first-order valence-corrected chi connectivity index (χ1v) is 7.24. The molecule has 1 aromatic heterocycles. The van der Waals surface area contributed by atoms with E-state index >= 15 is 0 Å². The van der Waals surface area contributed by atoms with Crippen molar-refractivity contribution in [1.29, 1.82) is 0 Å². The first-order chi connectivity index (χ1) is 10.5. The van der Waals surface area contributed by atoms with E-state index in [9.17, 15) is 13.9 Å². The summed E-state index contributed by atoms with van der Waals surface area (Å²) in [6.07, 6.45) is 0.00707. The zero-order valence-corrected chi connectivity index (χ0v) is 12.5. The molecule has 0 amide bonds. The van der Waals surface area contributed by atoms with Gasteiger partial charge in [-0.05, 0) is 38.0 Å². The summed E-state index contributed by atoms with van der Waals surface area (Å²) in [4.78, 5) is 2.05. The number of benzene rings is 1. The molecule has 6 heteroatoms. The van der Waals surface area contributed by atoms with Crippen LogP contribution in [0.2, 0.25) is 0 Å². The molecule has 0 aliphatic carbocycles. The second-order valence-electron chi connectivity index (χ2n) is 5.81. The fraction of sp³-hybridized carbons (Fsp3) is 0.438. The highest BCUT2D eigenvalue weighted by molar-refractivity contribution is 5.25. The number of aliphatic hydroxyl groups is 1. The number of β-amino-alcohol motifs (C(OH)–C–C–N with tert-alkyl or cyclic N) is 1. The number of aliphatic hydroxyl groups excluding tert-OH is 1. The first-order valence-electron chi connectivity index (χ1n) is 7.24. The van der Waals surface area contributed by atoms with E-state index in [1.807, 2.05) is 18.7 Å². The van der Waals surface area contributed by atoms with Crippen LogP contribution < -0.4 is 0 Å². The van der Waals surface area contributed by atoms with E-state index in [1.165, 1.54) is 6.07 Å². The molecule has 1 aromatic carbocycles. The predicted octanol–water partition coefficient (Wildman–Crippen LogP) is 2.88. The lowest BCUT2D eigenvalue weighted by atomic mass is 10.0. The predicted molar refractivity (Wildman–Crippen MR) is 76.1 cm³/mol. The number of hydrogen-bond donors (Lipinski definition) is 1. The maximum Gasteiger partial charge on any atom is 0.159 e. The number of hydrogen-bond acceptors (Lipinski definition) is 4. The van der Waals surface area contributed by atoms with Crippen molar-refractivity contribution in [2.75, 3.05) is 6.54 Å². The van der Waals surface area contributed by atoms with Crippen LogP contribution >= 0.6 is 0 Å². The van der Waals surface area contributed by atoms with E-state index in [1.54, 1.807) is 6.07 Å². The van der Waals surface area contributed by atoms with Crippen molar-refractivity contribution in [3.05, 3.63) is 52.4 Å². The minimum Gasteiger partial charge on any atom is -0.392 e. The van der Waals surface area contributed by atoms with E-state index < -0.39 is 17.7 Å². The Bertz CT molecular complexity index is 667. The van der Waals surface area contributed by atoms with Gasteiger partial charge in [0.05, 0.1) is 11.8 Å². The summed E-state index contributed by atoms with van der Waals surface area (Å²) in [5.41, 5.74) is 2.45. The van der Waals surface area contributed by atoms with Gasteiger partial charge in [0.15, 0.2) is 11.6 Å². The highest BCUT2D eigenvalue weighted by Gasteiger charge is 2.33. The average Bonchev–Trinajstić information content (AvgIpc) is 2.99. The van der Waals surface area contributed by atoms with Crippen molar-refractivity contribution in [1.82, 2.24) is 10.1 Å². The van der Waals surface area contributed by atoms with Gasteiger partial charge in [0, 0.05) is 24.7 Å². The topological polar surface area (TPSA) is 49.5 Å². The number of likely N-dealkylation sites (tertiary alicyclic amines) is 1. The Morgan fingerprint density at radius 1 is 1.32 bits per heavy atom. The molecule has 1 aliphatic rings. The SMILES string of the molecule is Cc1noc(C)c1CN1C[C@@H](O)C[C@H]1c1ccc(F)c(F)c1. The van der Waals surface area contributed by atoms with Crippen LogP contribution in [0.25, 0.3) is 0 Å². The molecule has 118 valence electrons. The molecule has 1 N–H and O–H groups in total. The molecule has 1 fully saturated rings. The summed E-state index contributed by atoms with van der Waals surface area (Å²) in [5.74, 6) is -0.987. The average molecular weight is 308 g/mol. The van der Waals surface area contributed by atoms with Crippen LogP contribution in [0.15, 0.2) is 22.7 Å². The largest absolute Gasteiger partial charge is 0.392 e. The summed E-state index contributed by atoms with van der Waals surface area (Å²) in [6, 6.07) is 3.75. The third-order valence-electron chi connectivity index (χ3n) is 4.25. The van der Waals surface area contributed by atoms with Gasteiger partial charge in [0.2, 0.25) is 0 Å². The molecule has 0 saturated carbocycles. The lowest BCUT2D eigenvalue weighted by Gasteiger charge is -2.24. The van der Waals surface area contributed by atoms with Crippen LogP contribution in [-0.4, -0.2) is 27.8 Å². The van der Waals surface area contributed by atoms with Gasteiger partial charge in [0.25, 0.3) is 0 Å². The number of nitrogens with zero attached hydrogens (tertiary/aromatic N) is 2. The van der Waals surface area contributed by atoms with Crippen LogP contribution in [0.1, 0.15) is 35.0 Å². The molecule has 0 unspecified atom stereocenters. The summed E-state index contributed by atoms with van der Waals surface area (Å²) in [5, 5.41) is 13.9. The molecule has 2 aromatic rings. The molecule has 0 spiro atoms. The maximum absolute atomic E-state index is 13.5. The van der Waals surface area contributed by atoms with Crippen molar-refractivity contribution >= 4 is 0 Å². The Kier molecular flexibility index (Phi) is 3.97. The van der Waals surface area contributed by atoms with Gasteiger partial charge in [-0.25, -0.2) is 8.78 Å². The van der Waals surface area contributed by atoms with Gasteiger partial charge < -0.3 is 9.63 Å². The standard InChI is InChI=1S/C16H18F2N2O2/c1-9-13(10(2)22-19-9)8-20-7-12(21)6-16(20)11-3-4-14(17)15(18)5-11/h3-5,12,16,21H,6-8H2,1-2H3/t12-,16-/m0/s1. The minimum absolute atomic E-state index is 0.154.